The molecule has 0 atom stereocenters. The fourth-order valence-corrected chi connectivity index (χ4v) is 1.96. The molecule has 82 valence electrons. The van der Waals surface area contributed by atoms with Crippen molar-refractivity contribution in [1.82, 2.24) is 9.97 Å². The fourth-order valence-electron chi connectivity index (χ4n) is 1.96. The summed E-state index contributed by atoms with van der Waals surface area (Å²) in [7, 11) is 0. The van der Waals surface area contributed by atoms with Gasteiger partial charge in [-0.2, -0.15) is 0 Å². The highest BCUT2D eigenvalue weighted by molar-refractivity contribution is 5.94. The summed E-state index contributed by atoms with van der Waals surface area (Å²) in [5.74, 6) is 0. The van der Waals surface area contributed by atoms with Gasteiger partial charge in [0.1, 0.15) is 5.69 Å². The van der Waals surface area contributed by atoms with Gasteiger partial charge in [0.15, 0.2) is 6.29 Å². The van der Waals surface area contributed by atoms with Gasteiger partial charge in [-0.1, -0.05) is 24.3 Å². The van der Waals surface area contributed by atoms with Crippen LogP contribution >= 0.6 is 0 Å². The molecule has 0 aliphatic heterocycles. The number of hydrogen-bond donors (Lipinski definition) is 1. The minimum atomic E-state index is 0.451. The molecular formula is C14H10N2O. The van der Waals surface area contributed by atoms with Gasteiger partial charge in [0.05, 0.1) is 5.52 Å². The molecule has 2 heterocycles. The topological polar surface area (TPSA) is 45.8 Å². The second-order valence-electron chi connectivity index (χ2n) is 3.84. The van der Waals surface area contributed by atoms with Crippen LogP contribution in [0.3, 0.4) is 0 Å². The summed E-state index contributed by atoms with van der Waals surface area (Å²) in [6.45, 7) is 0. The highest BCUT2D eigenvalue weighted by Crippen LogP contribution is 2.26. The normalized spacial score (nSPS) is 10.6. The van der Waals surface area contributed by atoms with Gasteiger partial charge in [-0.15, -0.1) is 0 Å². The molecule has 2 aromatic heterocycles. The number of rotatable bonds is 2. The number of carbonyl (C=O) groups excluding carboxylic acids is 1. The number of carbonyl (C=O) groups is 1. The molecule has 3 rings (SSSR count). The van der Waals surface area contributed by atoms with E-state index in [-0.39, 0.29) is 0 Å². The van der Waals surface area contributed by atoms with E-state index in [0.29, 0.717) is 5.69 Å². The first-order valence-electron chi connectivity index (χ1n) is 5.36. The number of aldehydes is 1. The SMILES string of the molecule is O=Cc1ccc(-c2cccc3cc[nH]c23)cn1. The number of aromatic amines is 1. The third-order valence-electron chi connectivity index (χ3n) is 2.81. The molecule has 0 amide bonds. The summed E-state index contributed by atoms with van der Waals surface area (Å²) in [4.78, 5) is 17.9. The Morgan fingerprint density at radius 2 is 2.06 bits per heavy atom. The number of nitrogens with one attached hydrogen (secondary N) is 1. The van der Waals surface area contributed by atoms with Crippen molar-refractivity contribution in [3.63, 3.8) is 0 Å². The van der Waals surface area contributed by atoms with Crippen molar-refractivity contribution in [2.24, 2.45) is 0 Å². The predicted octanol–water partition coefficient (Wildman–Crippen LogP) is 3.04. The smallest absolute Gasteiger partial charge is 0.168 e. The lowest BCUT2D eigenvalue weighted by Gasteiger charge is -2.03. The minimum Gasteiger partial charge on any atom is -0.361 e. The molecule has 3 aromatic rings. The summed E-state index contributed by atoms with van der Waals surface area (Å²) in [6, 6.07) is 11.8. The highest BCUT2D eigenvalue weighted by atomic mass is 16.1. The maximum Gasteiger partial charge on any atom is 0.168 e. The van der Waals surface area contributed by atoms with Crippen molar-refractivity contribution in [1.29, 1.82) is 0 Å². The Bertz CT molecular complexity index is 668. The lowest BCUT2D eigenvalue weighted by atomic mass is 10.0. The number of aromatic nitrogens is 2. The number of pyridine rings is 1. The Kier molecular flexibility index (Phi) is 2.22. The number of para-hydroxylation sites is 1. The summed E-state index contributed by atoms with van der Waals surface area (Å²) in [5.41, 5.74) is 3.64. The number of benzene rings is 1. The van der Waals surface area contributed by atoms with E-state index < -0.39 is 0 Å². The molecular weight excluding hydrogens is 212 g/mol. The second-order valence-corrected chi connectivity index (χ2v) is 3.84. The van der Waals surface area contributed by atoms with Gasteiger partial charge >= 0.3 is 0 Å². The van der Waals surface area contributed by atoms with Crippen LogP contribution in [0.2, 0.25) is 0 Å². The predicted molar refractivity (Wildman–Crippen MR) is 66.9 cm³/mol. The Balaban J connectivity index is 2.19. The first-order chi connectivity index (χ1) is 8.38. The highest BCUT2D eigenvalue weighted by Gasteiger charge is 2.04. The van der Waals surface area contributed by atoms with E-state index in [1.165, 1.54) is 5.39 Å². The molecule has 1 aromatic carbocycles. The Labute approximate surface area is 98.1 Å². The van der Waals surface area contributed by atoms with Gasteiger partial charge in [0.2, 0.25) is 0 Å². The molecule has 0 saturated heterocycles. The number of hydrogen-bond acceptors (Lipinski definition) is 2. The van der Waals surface area contributed by atoms with Gasteiger partial charge in [-0.05, 0) is 17.5 Å². The van der Waals surface area contributed by atoms with Gasteiger partial charge in [-0.25, -0.2) is 0 Å². The van der Waals surface area contributed by atoms with Crippen LogP contribution in [-0.2, 0) is 0 Å². The van der Waals surface area contributed by atoms with Crippen molar-refractivity contribution in [2.75, 3.05) is 0 Å². The molecule has 17 heavy (non-hydrogen) atoms. The van der Waals surface area contributed by atoms with Crippen LogP contribution in [-0.4, -0.2) is 16.3 Å². The zero-order chi connectivity index (χ0) is 11.7. The standard InChI is InChI=1S/C14H10N2O/c17-9-12-5-4-11(8-16-12)13-3-1-2-10-6-7-15-14(10)13/h1-9,15H. The third-order valence-corrected chi connectivity index (χ3v) is 2.81. The number of H-pyrrole nitrogens is 1. The van der Waals surface area contributed by atoms with Gasteiger partial charge < -0.3 is 4.98 Å². The molecule has 0 unspecified atom stereocenters. The summed E-state index contributed by atoms with van der Waals surface area (Å²) >= 11 is 0. The summed E-state index contributed by atoms with van der Waals surface area (Å²) in [5, 5.41) is 1.17. The van der Waals surface area contributed by atoms with Crippen molar-refractivity contribution in [3.8, 4) is 11.1 Å². The van der Waals surface area contributed by atoms with Crippen LogP contribution in [0.5, 0.6) is 0 Å². The maximum atomic E-state index is 10.6. The summed E-state index contributed by atoms with van der Waals surface area (Å²) in [6.07, 6.45) is 4.39. The molecule has 0 spiro atoms. The molecule has 1 N–H and O–H groups in total. The van der Waals surface area contributed by atoms with Crippen molar-refractivity contribution in [3.05, 3.63) is 54.5 Å². The average Bonchev–Trinajstić information content (AvgIpc) is 2.87. The molecule has 0 fully saturated rings. The van der Waals surface area contributed by atoms with Crippen LogP contribution in [0, 0.1) is 0 Å². The van der Waals surface area contributed by atoms with Gasteiger partial charge in [-0.3, -0.25) is 9.78 Å². The molecule has 3 nitrogen and oxygen atoms in total. The molecule has 0 aliphatic rings. The van der Waals surface area contributed by atoms with E-state index in [1.54, 1.807) is 12.3 Å². The molecule has 0 radical (unpaired) electrons. The van der Waals surface area contributed by atoms with Gasteiger partial charge in [0, 0.05) is 23.5 Å². The van der Waals surface area contributed by atoms with E-state index in [1.807, 2.05) is 30.5 Å². The third kappa shape index (κ3) is 1.61. The number of nitrogens with zero attached hydrogens (tertiary/aromatic N) is 1. The Morgan fingerprint density at radius 1 is 1.12 bits per heavy atom. The Morgan fingerprint density at radius 3 is 2.82 bits per heavy atom. The van der Waals surface area contributed by atoms with Gasteiger partial charge in [0.25, 0.3) is 0 Å². The molecule has 3 heteroatoms. The average molecular weight is 222 g/mol. The fraction of sp³-hybridized carbons (Fsp3) is 0. The van der Waals surface area contributed by atoms with Crippen molar-refractivity contribution in [2.45, 2.75) is 0 Å². The van der Waals surface area contributed by atoms with E-state index in [2.05, 4.69) is 16.0 Å². The second kappa shape index (κ2) is 3.87. The Hall–Kier alpha value is -2.42. The van der Waals surface area contributed by atoms with Crippen LogP contribution in [0.1, 0.15) is 10.5 Å². The van der Waals surface area contributed by atoms with E-state index in [9.17, 15) is 4.79 Å². The lowest BCUT2D eigenvalue weighted by Crippen LogP contribution is -1.87. The van der Waals surface area contributed by atoms with Crippen LogP contribution in [0.25, 0.3) is 22.0 Å². The lowest BCUT2D eigenvalue weighted by molar-refractivity contribution is 0.111. The van der Waals surface area contributed by atoms with Crippen molar-refractivity contribution >= 4 is 17.2 Å². The van der Waals surface area contributed by atoms with E-state index in [0.717, 1.165) is 22.9 Å². The van der Waals surface area contributed by atoms with Crippen LogP contribution in [0.4, 0.5) is 0 Å². The van der Waals surface area contributed by atoms with Crippen LogP contribution in [0.15, 0.2) is 48.8 Å². The van der Waals surface area contributed by atoms with Crippen molar-refractivity contribution < 1.29 is 4.79 Å². The number of fused-ring (bicyclic) bond motifs is 1. The summed E-state index contributed by atoms with van der Waals surface area (Å²) < 4.78 is 0. The van der Waals surface area contributed by atoms with E-state index >= 15 is 0 Å². The van der Waals surface area contributed by atoms with E-state index in [4.69, 9.17) is 0 Å². The minimum absolute atomic E-state index is 0.451. The maximum absolute atomic E-state index is 10.6. The zero-order valence-corrected chi connectivity index (χ0v) is 9.05. The quantitative estimate of drug-likeness (QED) is 0.677. The largest absolute Gasteiger partial charge is 0.361 e. The molecule has 0 bridgehead atoms. The molecule has 0 saturated carbocycles. The first kappa shape index (κ1) is 9.78. The monoisotopic (exact) mass is 222 g/mol. The molecule has 0 aliphatic carbocycles. The first-order valence-corrected chi connectivity index (χ1v) is 5.36. The zero-order valence-electron chi connectivity index (χ0n) is 9.05. The van der Waals surface area contributed by atoms with Crippen LogP contribution < -0.4 is 0 Å².